The molecular weight excluding hydrogens is 290 g/mol. The van der Waals surface area contributed by atoms with Crippen molar-refractivity contribution in [2.45, 2.75) is 18.9 Å². The van der Waals surface area contributed by atoms with Crippen molar-refractivity contribution in [3.05, 3.63) is 47.2 Å². The third kappa shape index (κ3) is 3.09. The molecule has 0 unspecified atom stereocenters. The van der Waals surface area contributed by atoms with Crippen molar-refractivity contribution < 1.29 is 9.53 Å². The van der Waals surface area contributed by atoms with Crippen LogP contribution in [0.4, 0.5) is 0 Å². The van der Waals surface area contributed by atoms with Gasteiger partial charge in [0.25, 0.3) is 5.91 Å². The second-order valence-corrected chi connectivity index (χ2v) is 5.30. The van der Waals surface area contributed by atoms with Crippen LogP contribution in [0.3, 0.4) is 0 Å². The molecule has 0 spiro atoms. The average Bonchev–Trinajstić information content (AvgIpc) is 3.15. The first-order valence-electron chi connectivity index (χ1n) is 6.94. The number of ether oxygens (including phenoxy) is 1. The van der Waals surface area contributed by atoms with E-state index in [1.807, 2.05) is 30.3 Å². The molecule has 3 rings (SSSR count). The normalized spacial score (nSPS) is 17.9. The molecule has 1 aromatic carbocycles. The van der Waals surface area contributed by atoms with Crippen LogP contribution in [0.5, 0.6) is 0 Å². The number of nitrogens with one attached hydrogen (secondary N) is 1. The van der Waals surface area contributed by atoms with Crippen LogP contribution in [-0.2, 0) is 4.74 Å². The molecule has 0 saturated carbocycles. The van der Waals surface area contributed by atoms with Gasteiger partial charge in [-0.3, -0.25) is 4.79 Å². The summed E-state index contributed by atoms with van der Waals surface area (Å²) in [5.41, 5.74) is 1.19. The van der Waals surface area contributed by atoms with Gasteiger partial charge in [-0.25, -0.2) is 4.68 Å². The largest absolute Gasteiger partial charge is 0.376 e. The highest BCUT2D eigenvalue weighted by atomic mass is 35.5. The molecule has 1 atom stereocenters. The van der Waals surface area contributed by atoms with Crippen LogP contribution in [0.1, 0.15) is 23.2 Å². The van der Waals surface area contributed by atoms with E-state index in [1.165, 1.54) is 6.20 Å². The zero-order chi connectivity index (χ0) is 14.7. The number of carbonyl (C=O) groups is 1. The van der Waals surface area contributed by atoms with E-state index in [0.29, 0.717) is 17.3 Å². The van der Waals surface area contributed by atoms with Gasteiger partial charge in [0.05, 0.1) is 23.6 Å². The predicted octanol–water partition coefficient (Wildman–Crippen LogP) is 2.43. The van der Waals surface area contributed by atoms with E-state index in [1.54, 1.807) is 4.68 Å². The van der Waals surface area contributed by atoms with Crippen LogP contribution < -0.4 is 5.32 Å². The van der Waals surface area contributed by atoms with Gasteiger partial charge in [0.2, 0.25) is 0 Å². The Balaban J connectivity index is 1.71. The van der Waals surface area contributed by atoms with Gasteiger partial charge in [-0.05, 0) is 25.0 Å². The Labute approximate surface area is 127 Å². The number of hydrogen-bond acceptors (Lipinski definition) is 3. The van der Waals surface area contributed by atoms with Crippen LogP contribution in [-0.4, -0.2) is 34.9 Å². The lowest BCUT2D eigenvalue weighted by atomic mass is 10.2. The van der Waals surface area contributed by atoms with E-state index in [-0.39, 0.29) is 12.0 Å². The summed E-state index contributed by atoms with van der Waals surface area (Å²) in [5.74, 6) is -0.224. The highest BCUT2D eigenvalue weighted by Crippen LogP contribution is 2.20. The topological polar surface area (TPSA) is 56.1 Å². The monoisotopic (exact) mass is 305 g/mol. The van der Waals surface area contributed by atoms with Gasteiger partial charge in [0, 0.05) is 13.2 Å². The number of nitrogens with zero attached hydrogens (tertiary/aromatic N) is 2. The fraction of sp³-hybridized carbons (Fsp3) is 0.333. The fourth-order valence-corrected chi connectivity index (χ4v) is 2.62. The van der Waals surface area contributed by atoms with Crippen molar-refractivity contribution in [1.29, 1.82) is 0 Å². The van der Waals surface area contributed by atoms with Crippen molar-refractivity contribution in [2.24, 2.45) is 0 Å². The molecule has 1 fully saturated rings. The van der Waals surface area contributed by atoms with Gasteiger partial charge in [-0.15, -0.1) is 0 Å². The molecule has 5 nitrogen and oxygen atoms in total. The van der Waals surface area contributed by atoms with Crippen molar-refractivity contribution in [2.75, 3.05) is 13.2 Å². The quantitative estimate of drug-likeness (QED) is 0.944. The lowest BCUT2D eigenvalue weighted by Gasteiger charge is -2.10. The summed E-state index contributed by atoms with van der Waals surface area (Å²) in [7, 11) is 0. The Morgan fingerprint density at radius 1 is 1.43 bits per heavy atom. The average molecular weight is 306 g/mol. The van der Waals surface area contributed by atoms with Crippen LogP contribution in [0.25, 0.3) is 5.69 Å². The SMILES string of the molecule is O=C(NC[C@@H]1CCCO1)c1cnn(-c2ccccc2)c1Cl. The highest BCUT2D eigenvalue weighted by molar-refractivity contribution is 6.33. The van der Waals surface area contributed by atoms with Gasteiger partial charge in [-0.1, -0.05) is 29.8 Å². The molecule has 0 radical (unpaired) electrons. The Morgan fingerprint density at radius 2 is 2.24 bits per heavy atom. The van der Waals surface area contributed by atoms with Gasteiger partial charge in [0.15, 0.2) is 0 Å². The molecule has 6 heteroatoms. The zero-order valence-corrected chi connectivity index (χ0v) is 12.2. The number of hydrogen-bond donors (Lipinski definition) is 1. The summed E-state index contributed by atoms with van der Waals surface area (Å²) in [5, 5.41) is 7.34. The lowest BCUT2D eigenvalue weighted by Crippen LogP contribution is -2.31. The van der Waals surface area contributed by atoms with Crippen LogP contribution >= 0.6 is 11.6 Å². The van der Waals surface area contributed by atoms with E-state index >= 15 is 0 Å². The Hall–Kier alpha value is -1.85. The van der Waals surface area contributed by atoms with Gasteiger partial charge in [0.1, 0.15) is 5.15 Å². The fourth-order valence-electron chi connectivity index (χ4n) is 2.34. The van der Waals surface area contributed by atoms with Crippen molar-refractivity contribution in [3.63, 3.8) is 0 Å². The Morgan fingerprint density at radius 3 is 2.95 bits per heavy atom. The molecule has 1 N–H and O–H groups in total. The Kier molecular flexibility index (Phi) is 4.22. The summed E-state index contributed by atoms with van der Waals surface area (Å²) in [6.45, 7) is 1.28. The molecule has 0 bridgehead atoms. The molecule has 110 valence electrons. The summed E-state index contributed by atoms with van der Waals surface area (Å²) >= 11 is 6.26. The zero-order valence-electron chi connectivity index (χ0n) is 11.5. The maximum atomic E-state index is 12.2. The summed E-state index contributed by atoms with van der Waals surface area (Å²) in [6, 6.07) is 9.46. The third-order valence-corrected chi connectivity index (χ3v) is 3.83. The lowest BCUT2D eigenvalue weighted by molar-refractivity contribution is 0.0858. The van der Waals surface area contributed by atoms with Crippen molar-refractivity contribution in [1.82, 2.24) is 15.1 Å². The van der Waals surface area contributed by atoms with Crippen molar-refractivity contribution >= 4 is 17.5 Å². The maximum absolute atomic E-state index is 12.2. The minimum atomic E-state index is -0.224. The maximum Gasteiger partial charge on any atom is 0.256 e. The molecular formula is C15H16ClN3O2. The molecule has 1 aromatic heterocycles. The molecule has 21 heavy (non-hydrogen) atoms. The minimum absolute atomic E-state index is 0.108. The van der Waals surface area contributed by atoms with Gasteiger partial charge in [-0.2, -0.15) is 5.10 Å². The first-order chi connectivity index (χ1) is 10.3. The number of halogens is 1. The third-order valence-electron chi connectivity index (χ3n) is 3.47. The van der Waals surface area contributed by atoms with E-state index in [9.17, 15) is 4.79 Å². The number of aromatic nitrogens is 2. The molecule has 1 aliphatic rings. The molecule has 0 aliphatic carbocycles. The molecule has 2 aromatic rings. The number of benzene rings is 1. The van der Waals surface area contributed by atoms with Crippen LogP contribution in [0, 0.1) is 0 Å². The van der Waals surface area contributed by atoms with Gasteiger partial charge < -0.3 is 10.1 Å². The van der Waals surface area contributed by atoms with Crippen molar-refractivity contribution in [3.8, 4) is 5.69 Å². The predicted molar refractivity (Wildman–Crippen MR) is 79.9 cm³/mol. The number of rotatable bonds is 4. The second-order valence-electron chi connectivity index (χ2n) is 4.94. The first-order valence-corrected chi connectivity index (χ1v) is 7.32. The van der Waals surface area contributed by atoms with Gasteiger partial charge >= 0.3 is 0 Å². The summed E-state index contributed by atoms with van der Waals surface area (Å²) < 4.78 is 7.02. The highest BCUT2D eigenvalue weighted by Gasteiger charge is 2.20. The molecule has 2 heterocycles. The van der Waals surface area contributed by atoms with Crippen LogP contribution in [0.15, 0.2) is 36.5 Å². The molecule has 1 amide bonds. The second kappa shape index (κ2) is 6.28. The number of carbonyl (C=O) groups excluding carboxylic acids is 1. The summed E-state index contributed by atoms with van der Waals surface area (Å²) in [4.78, 5) is 12.2. The number of amides is 1. The van der Waals surface area contributed by atoms with E-state index in [4.69, 9.17) is 16.3 Å². The standard InChI is InChI=1S/C15H16ClN3O2/c16-14-13(15(20)17-9-12-7-4-8-21-12)10-18-19(14)11-5-2-1-3-6-11/h1-3,5-6,10,12H,4,7-9H2,(H,17,20)/t12-/m0/s1. The molecule has 1 aliphatic heterocycles. The summed E-state index contributed by atoms with van der Waals surface area (Å²) in [6.07, 6.45) is 3.63. The van der Waals surface area contributed by atoms with E-state index in [0.717, 1.165) is 25.1 Å². The smallest absolute Gasteiger partial charge is 0.256 e. The van der Waals surface area contributed by atoms with Crippen LogP contribution in [0.2, 0.25) is 5.15 Å². The van der Waals surface area contributed by atoms with E-state index in [2.05, 4.69) is 10.4 Å². The minimum Gasteiger partial charge on any atom is -0.376 e. The Bertz CT molecular complexity index is 621. The molecule has 1 saturated heterocycles. The first kappa shape index (κ1) is 14.1. The number of para-hydroxylation sites is 1. The van der Waals surface area contributed by atoms with E-state index < -0.39 is 0 Å².